The van der Waals surface area contributed by atoms with Gasteiger partial charge in [0.1, 0.15) is 12.7 Å². The van der Waals surface area contributed by atoms with Gasteiger partial charge in [0.2, 0.25) is 5.91 Å². The van der Waals surface area contributed by atoms with Crippen LogP contribution in [0.2, 0.25) is 0 Å². The lowest BCUT2D eigenvalue weighted by Gasteiger charge is -2.44. The van der Waals surface area contributed by atoms with E-state index in [0.717, 1.165) is 45.4 Å². The summed E-state index contributed by atoms with van der Waals surface area (Å²) in [6.07, 6.45) is 10.7. The van der Waals surface area contributed by atoms with Crippen molar-refractivity contribution in [3.63, 3.8) is 0 Å². The minimum atomic E-state index is 0.271. The molecule has 3 aliphatic rings. The van der Waals surface area contributed by atoms with E-state index >= 15 is 0 Å². The van der Waals surface area contributed by atoms with E-state index in [2.05, 4.69) is 19.9 Å². The lowest BCUT2D eigenvalue weighted by atomic mass is 9.90. The van der Waals surface area contributed by atoms with E-state index in [4.69, 9.17) is 4.74 Å². The van der Waals surface area contributed by atoms with Crippen LogP contribution in [0.3, 0.4) is 0 Å². The van der Waals surface area contributed by atoms with Crippen molar-refractivity contribution in [3.8, 4) is 0 Å². The average Bonchev–Trinajstić information content (AvgIpc) is 3.14. The SMILES string of the molecule is O=C(CN1CCC[C@H](Cn2cncn2)C1)N1CCO[C@@H]2CCCC[C@@H]21. The molecule has 0 N–H and O–H groups in total. The van der Waals surface area contributed by atoms with Crippen molar-refractivity contribution in [1.29, 1.82) is 0 Å². The van der Waals surface area contributed by atoms with Gasteiger partial charge >= 0.3 is 0 Å². The van der Waals surface area contributed by atoms with Crippen molar-refractivity contribution in [3.05, 3.63) is 12.7 Å². The molecule has 0 unspecified atom stereocenters. The molecule has 0 spiro atoms. The second-order valence-electron chi connectivity index (χ2n) is 7.71. The van der Waals surface area contributed by atoms with E-state index in [9.17, 15) is 4.79 Å². The molecule has 3 heterocycles. The number of likely N-dealkylation sites (tertiary alicyclic amines) is 1. The number of amides is 1. The standard InChI is InChI=1S/C18H29N5O2/c24-18(23-8-9-25-17-6-2-1-5-16(17)23)12-21-7-3-4-15(10-21)11-22-14-19-13-20-22/h13-17H,1-12H2/t15-,16-,17+/m0/s1. The van der Waals surface area contributed by atoms with Gasteiger partial charge in [0.25, 0.3) is 0 Å². The van der Waals surface area contributed by atoms with Crippen molar-refractivity contribution >= 4 is 5.91 Å². The Labute approximate surface area is 149 Å². The summed E-state index contributed by atoms with van der Waals surface area (Å²) in [4.78, 5) is 21.4. The number of fused-ring (bicyclic) bond motifs is 1. The van der Waals surface area contributed by atoms with Gasteiger partial charge in [-0.2, -0.15) is 5.10 Å². The summed E-state index contributed by atoms with van der Waals surface area (Å²) in [5.41, 5.74) is 0. The Bertz CT molecular complexity index is 562. The first kappa shape index (κ1) is 17.0. The zero-order valence-electron chi connectivity index (χ0n) is 14.9. The normalized spacial score (nSPS) is 30.9. The minimum absolute atomic E-state index is 0.271. The van der Waals surface area contributed by atoms with Crippen LogP contribution in [0.5, 0.6) is 0 Å². The van der Waals surface area contributed by atoms with Crippen LogP contribution < -0.4 is 0 Å². The average molecular weight is 347 g/mol. The molecule has 7 heteroatoms. The predicted molar refractivity (Wildman–Crippen MR) is 92.9 cm³/mol. The highest BCUT2D eigenvalue weighted by molar-refractivity contribution is 5.78. The molecule has 7 nitrogen and oxygen atoms in total. The molecular formula is C18H29N5O2. The summed E-state index contributed by atoms with van der Waals surface area (Å²) in [5.74, 6) is 0.844. The van der Waals surface area contributed by atoms with E-state index in [-0.39, 0.29) is 6.10 Å². The second-order valence-corrected chi connectivity index (χ2v) is 7.71. The second kappa shape index (κ2) is 7.83. The van der Waals surface area contributed by atoms with E-state index in [1.807, 2.05) is 4.68 Å². The number of aromatic nitrogens is 3. The number of nitrogens with zero attached hydrogens (tertiary/aromatic N) is 5. The number of hydrogen-bond donors (Lipinski definition) is 0. The summed E-state index contributed by atoms with van der Waals surface area (Å²) < 4.78 is 7.81. The third kappa shape index (κ3) is 4.03. The van der Waals surface area contributed by atoms with Crippen LogP contribution in [0.25, 0.3) is 0 Å². The fourth-order valence-corrected chi connectivity index (χ4v) is 4.72. The van der Waals surface area contributed by atoms with Gasteiger partial charge in [-0.15, -0.1) is 0 Å². The van der Waals surface area contributed by atoms with Crippen molar-refractivity contribution in [2.24, 2.45) is 5.92 Å². The molecule has 1 amide bonds. The van der Waals surface area contributed by atoms with Gasteiger partial charge < -0.3 is 9.64 Å². The highest BCUT2D eigenvalue weighted by atomic mass is 16.5. The number of morpholine rings is 1. The van der Waals surface area contributed by atoms with Crippen molar-refractivity contribution in [2.75, 3.05) is 32.8 Å². The zero-order valence-corrected chi connectivity index (χ0v) is 14.9. The number of rotatable bonds is 4. The lowest BCUT2D eigenvalue weighted by Crippen LogP contribution is -2.57. The van der Waals surface area contributed by atoms with Crippen LogP contribution in [0.15, 0.2) is 12.7 Å². The van der Waals surface area contributed by atoms with Crippen molar-refractivity contribution in [1.82, 2.24) is 24.6 Å². The summed E-state index contributed by atoms with van der Waals surface area (Å²) in [7, 11) is 0. The van der Waals surface area contributed by atoms with Crippen LogP contribution in [-0.4, -0.2) is 75.4 Å². The zero-order chi connectivity index (χ0) is 17.1. The van der Waals surface area contributed by atoms with Crippen LogP contribution in [-0.2, 0) is 16.1 Å². The van der Waals surface area contributed by atoms with Crippen molar-refractivity contribution < 1.29 is 9.53 Å². The Morgan fingerprint density at radius 3 is 2.96 bits per heavy atom. The first-order valence-corrected chi connectivity index (χ1v) is 9.75. The van der Waals surface area contributed by atoms with Crippen LogP contribution in [0, 0.1) is 5.92 Å². The number of hydrogen-bond acceptors (Lipinski definition) is 5. The Morgan fingerprint density at radius 1 is 1.16 bits per heavy atom. The molecule has 2 saturated heterocycles. The topological polar surface area (TPSA) is 63.5 Å². The van der Waals surface area contributed by atoms with Gasteiger partial charge in [-0.1, -0.05) is 12.8 Å². The van der Waals surface area contributed by atoms with Crippen LogP contribution in [0.4, 0.5) is 0 Å². The first-order valence-electron chi connectivity index (χ1n) is 9.75. The maximum absolute atomic E-state index is 12.9. The number of carbonyl (C=O) groups excluding carboxylic acids is 1. The molecule has 1 aliphatic carbocycles. The fourth-order valence-electron chi connectivity index (χ4n) is 4.72. The quantitative estimate of drug-likeness (QED) is 0.818. The third-order valence-corrected chi connectivity index (χ3v) is 5.93. The molecule has 0 aromatic carbocycles. The molecule has 2 aliphatic heterocycles. The Balaban J connectivity index is 1.32. The van der Waals surface area contributed by atoms with Crippen molar-refractivity contribution in [2.45, 2.75) is 57.2 Å². The van der Waals surface area contributed by atoms with Gasteiger partial charge in [0, 0.05) is 19.6 Å². The van der Waals surface area contributed by atoms with Gasteiger partial charge in [0.15, 0.2) is 0 Å². The molecule has 0 bridgehead atoms. The molecule has 1 aromatic rings. The number of carbonyl (C=O) groups is 1. The first-order chi connectivity index (χ1) is 12.3. The molecule has 3 fully saturated rings. The predicted octanol–water partition coefficient (Wildman–Crippen LogP) is 1.16. The maximum Gasteiger partial charge on any atom is 0.237 e. The summed E-state index contributed by atoms with van der Waals surface area (Å²) in [6, 6.07) is 0.311. The van der Waals surface area contributed by atoms with Gasteiger partial charge in [-0.25, -0.2) is 4.98 Å². The van der Waals surface area contributed by atoms with Crippen LogP contribution >= 0.6 is 0 Å². The largest absolute Gasteiger partial charge is 0.374 e. The smallest absolute Gasteiger partial charge is 0.237 e. The summed E-state index contributed by atoms with van der Waals surface area (Å²) >= 11 is 0. The molecule has 1 aromatic heterocycles. The molecule has 0 radical (unpaired) electrons. The Kier molecular flexibility index (Phi) is 5.31. The van der Waals surface area contributed by atoms with Gasteiger partial charge in [-0.05, 0) is 38.1 Å². The number of piperidine rings is 1. The molecule has 4 rings (SSSR count). The third-order valence-electron chi connectivity index (χ3n) is 5.93. The minimum Gasteiger partial charge on any atom is -0.374 e. The van der Waals surface area contributed by atoms with Gasteiger partial charge in [0.05, 0.1) is 25.3 Å². The van der Waals surface area contributed by atoms with E-state index in [0.29, 0.717) is 31.0 Å². The number of ether oxygens (including phenoxy) is 1. The van der Waals surface area contributed by atoms with Gasteiger partial charge in [-0.3, -0.25) is 14.4 Å². The molecule has 138 valence electrons. The van der Waals surface area contributed by atoms with E-state index in [1.54, 1.807) is 12.7 Å². The summed E-state index contributed by atoms with van der Waals surface area (Å²) in [5, 5.41) is 4.21. The molecular weight excluding hydrogens is 318 g/mol. The van der Waals surface area contributed by atoms with Crippen LogP contribution in [0.1, 0.15) is 38.5 Å². The Morgan fingerprint density at radius 2 is 2.08 bits per heavy atom. The highest BCUT2D eigenvalue weighted by Gasteiger charge is 2.37. The Hall–Kier alpha value is -1.47. The lowest BCUT2D eigenvalue weighted by molar-refractivity contribution is -0.151. The monoisotopic (exact) mass is 347 g/mol. The highest BCUT2D eigenvalue weighted by Crippen LogP contribution is 2.28. The van der Waals surface area contributed by atoms with E-state index < -0.39 is 0 Å². The molecule has 3 atom stereocenters. The maximum atomic E-state index is 12.9. The fraction of sp³-hybridized carbons (Fsp3) is 0.833. The van der Waals surface area contributed by atoms with E-state index in [1.165, 1.54) is 19.3 Å². The molecule has 25 heavy (non-hydrogen) atoms. The molecule has 1 saturated carbocycles. The summed E-state index contributed by atoms with van der Waals surface area (Å²) in [6.45, 7) is 4.91.